The molecule has 9 nitrogen and oxygen atoms in total. The summed E-state index contributed by atoms with van der Waals surface area (Å²) in [5.41, 5.74) is 0. The maximum Gasteiger partial charge on any atom is 0.306 e. The van der Waals surface area contributed by atoms with E-state index in [9.17, 15) is 19.5 Å². The normalized spacial score (nSPS) is 13.5. The predicted octanol–water partition coefficient (Wildman–Crippen LogP) is 23.7. The molecule has 0 saturated carbocycles. The Bertz CT molecular complexity index is 2080. The number of rotatable bonds is 71. The minimum absolute atomic E-state index is 0.143. The highest BCUT2D eigenvalue weighted by molar-refractivity contribution is 5.70. The molecule has 0 heterocycles. The van der Waals surface area contributed by atoms with Gasteiger partial charge < -0.3 is 33.3 Å². The lowest BCUT2D eigenvalue weighted by molar-refractivity contribution is -0.870. The van der Waals surface area contributed by atoms with Gasteiger partial charge in [0.2, 0.25) is 0 Å². The molecule has 0 amide bonds. The third-order valence-electron chi connectivity index (χ3n) is 16.6. The van der Waals surface area contributed by atoms with Crippen molar-refractivity contribution in [1.82, 2.24) is 0 Å². The van der Waals surface area contributed by atoms with Gasteiger partial charge in [-0.05, 0) is 116 Å². The second-order valence-electron chi connectivity index (χ2n) is 26.9. The third kappa shape index (κ3) is 76.4. The Morgan fingerprint density at radius 2 is 0.568 bits per heavy atom. The second kappa shape index (κ2) is 75.0. The number of aliphatic carboxylic acids is 1. The molecule has 2 unspecified atom stereocenters. The Kier molecular flexibility index (Phi) is 71.1. The van der Waals surface area contributed by atoms with Crippen molar-refractivity contribution in [3.05, 3.63) is 146 Å². The summed E-state index contributed by atoms with van der Waals surface area (Å²) in [6.45, 7) is 4.54. The minimum Gasteiger partial charge on any atom is -0.545 e. The van der Waals surface area contributed by atoms with Crippen LogP contribution in [-0.4, -0.2) is 82.3 Å². The fourth-order valence-corrected chi connectivity index (χ4v) is 10.7. The highest BCUT2D eigenvalue weighted by atomic mass is 16.7. The lowest BCUT2D eigenvalue weighted by Crippen LogP contribution is -2.44. The van der Waals surface area contributed by atoms with E-state index in [-0.39, 0.29) is 38.6 Å². The van der Waals surface area contributed by atoms with Gasteiger partial charge in [0.1, 0.15) is 13.2 Å². The van der Waals surface area contributed by atoms with Crippen molar-refractivity contribution in [2.75, 3.05) is 47.5 Å². The summed E-state index contributed by atoms with van der Waals surface area (Å²) in [6.07, 6.45) is 107. The van der Waals surface area contributed by atoms with E-state index in [1.54, 1.807) is 0 Å². The van der Waals surface area contributed by atoms with E-state index in [1.165, 1.54) is 180 Å². The number of hydrogen-bond donors (Lipinski definition) is 0. The fraction of sp³-hybridized carbons (Fsp3) is 0.686. The first-order valence-corrected chi connectivity index (χ1v) is 39.0. The molecule has 0 N–H and O–H groups in total. The SMILES string of the molecule is CC/C=C\C/C=C\C/C=C\C/C=C\C/C=C\C/C=C\CCCCCCCCCCCCCCCCCCCCCCC(=O)OC(COC(=O)CCCCCCCCCCCCCC/C=C\C/C=C\C/C=C\C/C=C\C/C=C\C/C=C\CC)COC(OCC[N+](C)(C)C)C(=O)[O-]. The van der Waals surface area contributed by atoms with E-state index in [0.717, 1.165) is 109 Å². The van der Waals surface area contributed by atoms with Gasteiger partial charge in [-0.2, -0.15) is 0 Å². The van der Waals surface area contributed by atoms with Crippen LogP contribution >= 0.6 is 0 Å². The van der Waals surface area contributed by atoms with E-state index in [2.05, 4.69) is 160 Å². The van der Waals surface area contributed by atoms with Gasteiger partial charge in [0.05, 0.1) is 40.3 Å². The van der Waals surface area contributed by atoms with Gasteiger partial charge >= 0.3 is 11.9 Å². The summed E-state index contributed by atoms with van der Waals surface area (Å²) in [7, 11) is 5.94. The zero-order valence-electron chi connectivity index (χ0n) is 62.0. The van der Waals surface area contributed by atoms with Gasteiger partial charge in [-0.25, -0.2) is 0 Å². The molecule has 2 atom stereocenters. The van der Waals surface area contributed by atoms with Gasteiger partial charge in [-0.15, -0.1) is 0 Å². The average Bonchev–Trinajstić information content (AvgIpc) is 2.92. The van der Waals surface area contributed by atoms with Crippen LogP contribution in [0.15, 0.2) is 146 Å². The van der Waals surface area contributed by atoms with Crippen molar-refractivity contribution < 1.29 is 42.9 Å². The van der Waals surface area contributed by atoms with Gasteiger partial charge in [0.25, 0.3) is 0 Å². The highest BCUT2D eigenvalue weighted by Crippen LogP contribution is 2.18. The van der Waals surface area contributed by atoms with Crippen molar-refractivity contribution in [2.45, 2.75) is 334 Å². The Balaban J connectivity index is 4.05. The fourth-order valence-electron chi connectivity index (χ4n) is 10.7. The number of allylic oxidation sites excluding steroid dienone is 24. The van der Waals surface area contributed by atoms with Crippen LogP contribution in [0.5, 0.6) is 0 Å². The van der Waals surface area contributed by atoms with Crippen molar-refractivity contribution in [3.8, 4) is 0 Å². The van der Waals surface area contributed by atoms with E-state index in [4.69, 9.17) is 18.9 Å². The number of unbranched alkanes of at least 4 members (excludes halogenated alkanes) is 32. The Morgan fingerprint density at radius 1 is 0.316 bits per heavy atom. The van der Waals surface area contributed by atoms with E-state index >= 15 is 0 Å². The van der Waals surface area contributed by atoms with Gasteiger partial charge in [0, 0.05) is 12.8 Å². The first-order valence-electron chi connectivity index (χ1n) is 39.0. The zero-order chi connectivity index (χ0) is 69.0. The molecule has 9 heteroatoms. The van der Waals surface area contributed by atoms with Crippen molar-refractivity contribution in [3.63, 3.8) is 0 Å². The Hall–Kier alpha value is -4.83. The van der Waals surface area contributed by atoms with Crippen LogP contribution in [-0.2, 0) is 33.3 Å². The molecule has 0 radical (unpaired) electrons. The topological polar surface area (TPSA) is 111 Å². The molecule has 0 spiro atoms. The number of ether oxygens (including phenoxy) is 4. The minimum atomic E-state index is -1.63. The molecule has 0 aromatic carbocycles. The molecule has 0 aliphatic carbocycles. The number of carbonyl (C=O) groups is 3. The molecule has 0 aromatic rings. The summed E-state index contributed by atoms with van der Waals surface area (Å²) >= 11 is 0. The maximum atomic E-state index is 13.0. The summed E-state index contributed by atoms with van der Waals surface area (Å²) in [5.74, 6) is -2.28. The molecule has 0 aromatic heterocycles. The van der Waals surface area contributed by atoms with Crippen molar-refractivity contribution in [1.29, 1.82) is 0 Å². The number of carbonyl (C=O) groups excluding carboxylic acids is 3. The first-order chi connectivity index (χ1) is 46.6. The molecule has 0 rings (SSSR count). The molecule has 0 bridgehead atoms. The summed E-state index contributed by atoms with van der Waals surface area (Å²) in [4.78, 5) is 37.6. The lowest BCUT2D eigenvalue weighted by Gasteiger charge is -2.26. The smallest absolute Gasteiger partial charge is 0.306 e. The highest BCUT2D eigenvalue weighted by Gasteiger charge is 2.22. The second-order valence-corrected chi connectivity index (χ2v) is 26.9. The Morgan fingerprint density at radius 3 is 0.842 bits per heavy atom. The molecular weight excluding hydrogens is 1170 g/mol. The van der Waals surface area contributed by atoms with Crippen LogP contribution in [0.2, 0.25) is 0 Å². The number of carboxylic acid groups (broad SMARTS) is 1. The summed E-state index contributed by atoms with van der Waals surface area (Å²) in [6, 6.07) is 0. The molecule has 0 aliphatic heterocycles. The van der Waals surface area contributed by atoms with Gasteiger partial charge in [-0.3, -0.25) is 9.59 Å². The monoisotopic (exact) mass is 1320 g/mol. The van der Waals surface area contributed by atoms with E-state index < -0.39 is 24.3 Å². The van der Waals surface area contributed by atoms with Crippen LogP contribution in [0, 0.1) is 0 Å². The third-order valence-corrected chi connectivity index (χ3v) is 16.6. The number of hydrogen-bond acceptors (Lipinski definition) is 8. The molecule has 95 heavy (non-hydrogen) atoms. The standard InChI is InChI=1S/C86H145NO8/c1-6-8-10-12-14-16-18-20-22-24-26-28-30-32-34-36-38-39-40-41-42-43-44-45-47-49-51-53-55-57-59-61-63-65-67-69-71-73-75-77-84(89)95-82(81-94-86(85(90)91)92-79-78-87(3,4)5)80-93-83(88)76-74-72-70-68-66-64-62-60-58-56-54-52-50-48-46-37-35-33-31-29-27-25-23-21-19-17-15-13-11-9-7-2/h8-11,14-17,20-23,26-29,32-35,38-39,46,48,82,86H,6-7,12-13,18-19,24-25,30-31,36-37,40-45,47,49-81H2,1-5H3/b10-8-,11-9-,16-14-,17-15-,22-20-,23-21-,28-26-,29-27-,34-32-,35-33-,39-38-,48-46-. The van der Waals surface area contributed by atoms with Crippen LogP contribution in [0.4, 0.5) is 0 Å². The quantitative estimate of drug-likeness (QED) is 0.0195. The molecule has 0 fully saturated rings. The molecule has 542 valence electrons. The van der Waals surface area contributed by atoms with Crippen LogP contribution in [0.1, 0.15) is 322 Å². The average molecular weight is 1320 g/mol. The van der Waals surface area contributed by atoms with Gasteiger partial charge in [0.15, 0.2) is 12.4 Å². The Labute approximate surface area is 585 Å². The van der Waals surface area contributed by atoms with Crippen LogP contribution in [0.3, 0.4) is 0 Å². The number of likely N-dealkylation sites (N-methyl/N-ethyl adjacent to an activating group) is 1. The van der Waals surface area contributed by atoms with Crippen LogP contribution in [0.25, 0.3) is 0 Å². The van der Waals surface area contributed by atoms with E-state index in [1.807, 2.05) is 21.1 Å². The van der Waals surface area contributed by atoms with Gasteiger partial charge in [-0.1, -0.05) is 339 Å². The largest absolute Gasteiger partial charge is 0.545 e. The zero-order valence-corrected chi connectivity index (χ0v) is 62.0. The number of carboxylic acids is 1. The van der Waals surface area contributed by atoms with E-state index in [0.29, 0.717) is 17.4 Å². The first kappa shape index (κ1) is 90.2. The molecule has 0 aliphatic rings. The lowest BCUT2D eigenvalue weighted by atomic mass is 10.0. The molecule has 0 saturated heterocycles. The molecular formula is C86H145NO8. The summed E-state index contributed by atoms with van der Waals surface area (Å²) < 4.78 is 22.9. The van der Waals surface area contributed by atoms with Crippen molar-refractivity contribution in [2.24, 2.45) is 0 Å². The van der Waals surface area contributed by atoms with Crippen molar-refractivity contribution >= 4 is 17.9 Å². The van der Waals surface area contributed by atoms with Crippen LogP contribution < -0.4 is 5.11 Å². The summed E-state index contributed by atoms with van der Waals surface area (Å²) in [5, 5.41) is 11.9. The number of quaternary nitrogens is 1. The predicted molar refractivity (Wildman–Crippen MR) is 407 cm³/mol. The number of esters is 2. The maximum absolute atomic E-state index is 13.0. The number of nitrogens with zero attached hydrogens (tertiary/aromatic N) is 1.